The van der Waals surface area contributed by atoms with E-state index in [4.69, 9.17) is 9.15 Å². The molecule has 1 aliphatic heterocycles. The van der Waals surface area contributed by atoms with E-state index in [1.54, 1.807) is 4.90 Å². The Morgan fingerprint density at radius 2 is 2.15 bits per heavy atom. The smallest absolute Gasteiger partial charge is 0.410 e. The number of aryl methyl sites for hydroxylation is 2. The fourth-order valence-corrected chi connectivity index (χ4v) is 2.50. The number of hydrogen-bond acceptors (Lipinski definition) is 4. The molecule has 2 heterocycles. The molecule has 5 heteroatoms. The van der Waals surface area contributed by atoms with Crippen molar-refractivity contribution in [2.45, 2.75) is 46.3 Å². The molecule has 112 valence electrons. The zero-order chi connectivity index (χ0) is 14.9. The van der Waals surface area contributed by atoms with Gasteiger partial charge in [-0.25, -0.2) is 4.79 Å². The van der Waals surface area contributed by atoms with E-state index < -0.39 is 5.60 Å². The van der Waals surface area contributed by atoms with Crippen LogP contribution in [0.3, 0.4) is 0 Å². The van der Waals surface area contributed by atoms with E-state index >= 15 is 0 Å². The Morgan fingerprint density at radius 1 is 1.45 bits per heavy atom. The molecule has 0 bridgehead atoms. The molecule has 2 rings (SSSR count). The maximum absolute atomic E-state index is 12.4. The quantitative estimate of drug-likeness (QED) is 0.859. The third-order valence-corrected chi connectivity index (χ3v) is 3.31. The van der Waals surface area contributed by atoms with Crippen LogP contribution in [-0.2, 0) is 4.74 Å². The van der Waals surface area contributed by atoms with Gasteiger partial charge in [0.15, 0.2) is 0 Å². The highest BCUT2D eigenvalue weighted by Gasteiger charge is 2.33. The van der Waals surface area contributed by atoms with E-state index in [1.807, 2.05) is 40.7 Å². The average Bonchev–Trinajstić information content (AvgIpc) is 2.66. The molecule has 1 unspecified atom stereocenters. The minimum absolute atomic E-state index is 0.0314. The van der Waals surface area contributed by atoms with Crippen LogP contribution >= 0.6 is 0 Å². The molecule has 1 aromatic rings. The molecule has 0 aliphatic carbocycles. The molecule has 1 N–H and O–H groups in total. The summed E-state index contributed by atoms with van der Waals surface area (Å²) in [5.74, 6) is 1.73. The molecule has 0 saturated carbocycles. The maximum atomic E-state index is 12.4. The van der Waals surface area contributed by atoms with Gasteiger partial charge in [0.2, 0.25) is 0 Å². The number of nitrogens with zero attached hydrogens (tertiary/aromatic N) is 1. The number of carbonyl (C=O) groups is 1. The van der Waals surface area contributed by atoms with Crippen LogP contribution in [0.25, 0.3) is 0 Å². The molecular formula is C15H24N2O3. The third kappa shape index (κ3) is 3.33. The molecular weight excluding hydrogens is 256 g/mol. The van der Waals surface area contributed by atoms with E-state index in [2.05, 4.69) is 5.32 Å². The van der Waals surface area contributed by atoms with Crippen LogP contribution in [0, 0.1) is 13.8 Å². The van der Waals surface area contributed by atoms with Gasteiger partial charge < -0.3 is 14.5 Å². The molecule has 1 fully saturated rings. The second-order valence-corrected chi connectivity index (χ2v) is 6.26. The number of nitrogens with one attached hydrogen (secondary N) is 1. The molecule has 1 saturated heterocycles. The molecule has 1 amide bonds. The molecule has 0 aromatic carbocycles. The minimum Gasteiger partial charge on any atom is -0.466 e. The summed E-state index contributed by atoms with van der Waals surface area (Å²) >= 11 is 0. The Labute approximate surface area is 120 Å². The van der Waals surface area contributed by atoms with Crippen molar-refractivity contribution in [1.82, 2.24) is 10.2 Å². The van der Waals surface area contributed by atoms with E-state index in [9.17, 15) is 4.79 Å². The highest BCUT2D eigenvalue weighted by molar-refractivity contribution is 5.69. The first-order chi connectivity index (χ1) is 9.28. The van der Waals surface area contributed by atoms with Gasteiger partial charge in [-0.2, -0.15) is 0 Å². The first-order valence-electron chi connectivity index (χ1n) is 7.05. The highest BCUT2D eigenvalue weighted by Crippen LogP contribution is 2.28. The summed E-state index contributed by atoms with van der Waals surface area (Å²) in [6.07, 6.45) is -0.262. The summed E-state index contributed by atoms with van der Waals surface area (Å²) in [7, 11) is 0. The van der Waals surface area contributed by atoms with Crippen LogP contribution in [0.5, 0.6) is 0 Å². The summed E-state index contributed by atoms with van der Waals surface area (Å²) in [6, 6.07) is 1.97. The van der Waals surface area contributed by atoms with E-state index in [-0.39, 0.29) is 12.1 Å². The van der Waals surface area contributed by atoms with Gasteiger partial charge in [0, 0.05) is 25.2 Å². The molecule has 0 spiro atoms. The minimum atomic E-state index is -0.478. The summed E-state index contributed by atoms with van der Waals surface area (Å²) < 4.78 is 11.1. The summed E-state index contributed by atoms with van der Waals surface area (Å²) in [4.78, 5) is 14.2. The monoisotopic (exact) mass is 280 g/mol. The van der Waals surface area contributed by atoms with Gasteiger partial charge in [0.1, 0.15) is 17.1 Å². The number of amides is 1. The Morgan fingerprint density at radius 3 is 2.70 bits per heavy atom. The van der Waals surface area contributed by atoms with Crippen LogP contribution in [0.4, 0.5) is 4.79 Å². The Balaban J connectivity index is 2.21. The Bertz CT molecular complexity index is 488. The van der Waals surface area contributed by atoms with E-state index in [0.717, 1.165) is 30.2 Å². The topological polar surface area (TPSA) is 54.7 Å². The Kier molecular flexibility index (Phi) is 4.09. The van der Waals surface area contributed by atoms with Crippen molar-refractivity contribution < 1.29 is 13.9 Å². The van der Waals surface area contributed by atoms with Crippen LogP contribution in [0.2, 0.25) is 0 Å². The van der Waals surface area contributed by atoms with Crippen LogP contribution in [-0.4, -0.2) is 36.2 Å². The molecule has 1 atom stereocenters. The maximum Gasteiger partial charge on any atom is 0.410 e. The van der Waals surface area contributed by atoms with Gasteiger partial charge in [-0.05, 0) is 40.7 Å². The SMILES string of the molecule is Cc1cc(C2CNCCN2C(=O)OC(C)(C)C)c(C)o1. The van der Waals surface area contributed by atoms with Crippen molar-refractivity contribution in [3.05, 3.63) is 23.2 Å². The second-order valence-electron chi connectivity index (χ2n) is 6.26. The molecule has 1 aliphatic rings. The lowest BCUT2D eigenvalue weighted by atomic mass is 10.0. The molecule has 1 aromatic heterocycles. The summed E-state index contributed by atoms with van der Waals surface area (Å²) in [5.41, 5.74) is 0.578. The normalized spacial score (nSPS) is 20.1. The largest absolute Gasteiger partial charge is 0.466 e. The lowest BCUT2D eigenvalue weighted by Gasteiger charge is -2.37. The average molecular weight is 280 g/mol. The summed E-state index contributed by atoms with van der Waals surface area (Å²) in [6.45, 7) is 11.7. The van der Waals surface area contributed by atoms with Gasteiger partial charge in [-0.3, -0.25) is 4.90 Å². The van der Waals surface area contributed by atoms with Crippen molar-refractivity contribution in [2.24, 2.45) is 0 Å². The van der Waals surface area contributed by atoms with Crippen molar-refractivity contribution in [3.8, 4) is 0 Å². The number of piperazine rings is 1. The molecule has 5 nitrogen and oxygen atoms in total. The lowest BCUT2D eigenvalue weighted by Crippen LogP contribution is -2.50. The van der Waals surface area contributed by atoms with Crippen molar-refractivity contribution in [2.75, 3.05) is 19.6 Å². The first-order valence-corrected chi connectivity index (χ1v) is 7.05. The van der Waals surface area contributed by atoms with Crippen molar-refractivity contribution in [3.63, 3.8) is 0 Å². The fraction of sp³-hybridized carbons (Fsp3) is 0.667. The predicted molar refractivity (Wildman–Crippen MR) is 76.7 cm³/mol. The van der Waals surface area contributed by atoms with Gasteiger partial charge in [-0.1, -0.05) is 0 Å². The van der Waals surface area contributed by atoms with E-state index in [0.29, 0.717) is 6.54 Å². The number of carbonyl (C=O) groups excluding carboxylic acids is 1. The second kappa shape index (κ2) is 5.48. The van der Waals surface area contributed by atoms with E-state index in [1.165, 1.54) is 0 Å². The molecule has 0 radical (unpaired) electrons. The number of rotatable bonds is 1. The summed E-state index contributed by atoms with van der Waals surface area (Å²) in [5, 5.41) is 3.33. The van der Waals surface area contributed by atoms with Crippen LogP contribution in [0.15, 0.2) is 10.5 Å². The molecule has 20 heavy (non-hydrogen) atoms. The van der Waals surface area contributed by atoms with Gasteiger partial charge >= 0.3 is 6.09 Å². The third-order valence-electron chi connectivity index (χ3n) is 3.31. The van der Waals surface area contributed by atoms with Gasteiger partial charge in [0.25, 0.3) is 0 Å². The lowest BCUT2D eigenvalue weighted by molar-refractivity contribution is 0.0117. The van der Waals surface area contributed by atoms with Crippen LogP contribution in [0.1, 0.15) is 43.9 Å². The Hall–Kier alpha value is -1.49. The standard InChI is InChI=1S/C15H24N2O3/c1-10-8-12(11(2)19-10)13-9-16-6-7-17(13)14(18)20-15(3,4)5/h8,13,16H,6-7,9H2,1-5H3. The predicted octanol–water partition coefficient (Wildman–Crippen LogP) is 2.78. The van der Waals surface area contributed by atoms with Gasteiger partial charge in [0.05, 0.1) is 6.04 Å². The van der Waals surface area contributed by atoms with Crippen molar-refractivity contribution in [1.29, 1.82) is 0 Å². The van der Waals surface area contributed by atoms with Gasteiger partial charge in [-0.15, -0.1) is 0 Å². The number of hydrogen-bond donors (Lipinski definition) is 1. The van der Waals surface area contributed by atoms with Crippen molar-refractivity contribution >= 4 is 6.09 Å². The number of ether oxygens (including phenoxy) is 1. The zero-order valence-electron chi connectivity index (χ0n) is 12.9. The highest BCUT2D eigenvalue weighted by atomic mass is 16.6. The first kappa shape index (κ1) is 14.9. The number of furan rings is 1. The zero-order valence-corrected chi connectivity index (χ0v) is 12.9. The van der Waals surface area contributed by atoms with Crippen LogP contribution < -0.4 is 5.32 Å². The fourth-order valence-electron chi connectivity index (χ4n) is 2.50.